The van der Waals surface area contributed by atoms with Gasteiger partial charge in [0.1, 0.15) is 0 Å². The zero-order chi connectivity index (χ0) is 25.6. The van der Waals surface area contributed by atoms with Crippen LogP contribution in [0.15, 0.2) is 0 Å². The van der Waals surface area contributed by atoms with Crippen molar-refractivity contribution in [3.8, 4) is 11.8 Å². The third kappa shape index (κ3) is 17.3. The predicted octanol–water partition coefficient (Wildman–Crippen LogP) is 3.28. The zero-order valence-corrected chi connectivity index (χ0v) is 29.0. The summed E-state index contributed by atoms with van der Waals surface area (Å²) < 4.78 is 2.78. The monoisotopic (exact) mass is 660 g/mol. The van der Waals surface area contributed by atoms with Gasteiger partial charge in [-0.25, -0.2) is 0 Å². The summed E-state index contributed by atoms with van der Waals surface area (Å²) in [6, 6.07) is 0. The Kier molecular flexibility index (Phi) is 25.5. The van der Waals surface area contributed by atoms with Gasteiger partial charge in [-0.15, -0.1) is 0 Å². The SMILES string of the molecule is CCCCCCCCC[N+]1(CCC#CCC[N+]2(CCCCCCCCC)CCCCC2)CCCCC1.[Br-].[Br-]. The summed E-state index contributed by atoms with van der Waals surface area (Å²) in [5.74, 6) is 7.32. The van der Waals surface area contributed by atoms with E-state index in [-0.39, 0.29) is 34.0 Å². The number of piperidine rings is 2. The van der Waals surface area contributed by atoms with Crippen LogP contribution in [-0.2, 0) is 0 Å². The molecular weight excluding hydrogens is 596 g/mol. The first-order valence-electron chi connectivity index (χ1n) is 16.9. The molecule has 0 aromatic carbocycles. The van der Waals surface area contributed by atoms with E-state index in [0.29, 0.717) is 0 Å². The maximum Gasteiger partial charge on any atom is 0.0897 e. The fourth-order valence-electron chi connectivity index (χ4n) is 7.06. The van der Waals surface area contributed by atoms with Crippen LogP contribution in [0.1, 0.15) is 155 Å². The molecule has 2 fully saturated rings. The molecule has 0 radical (unpaired) electrons. The van der Waals surface area contributed by atoms with Gasteiger partial charge in [-0.1, -0.05) is 89.9 Å². The van der Waals surface area contributed by atoms with Gasteiger partial charge in [0.15, 0.2) is 0 Å². The maximum atomic E-state index is 3.66. The Balaban J connectivity index is 0.00000684. The minimum Gasteiger partial charge on any atom is -1.00 e. The van der Waals surface area contributed by atoms with Gasteiger partial charge in [0.2, 0.25) is 0 Å². The van der Waals surface area contributed by atoms with Gasteiger partial charge in [-0.2, -0.15) is 0 Å². The Morgan fingerprint density at radius 2 is 0.711 bits per heavy atom. The third-order valence-corrected chi connectivity index (χ3v) is 9.55. The summed E-state index contributed by atoms with van der Waals surface area (Å²) in [5, 5.41) is 0. The molecule has 2 nitrogen and oxygen atoms in total. The van der Waals surface area contributed by atoms with E-state index in [4.69, 9.17) is 0 Å². The van der Waals surface area contributed by atoms with Crippen LogP contribution < -0.4 is 34.0 Å². The lowest BCUT2D eigenvalue weighted by Crippen LogP contribution is -3.00. The van der Waals surface area contributed by atoms with Crippen LogP contribution in [-0.4, -0.2) is 61.3 Å². The Hall–Kier alpha value is 0.440. The van der Waals surface area contributed by atoms with E-state index in [1.54, 1.807) is 0 Å². The lowest BCUT2D eigenvalue weighted by atomic mass is 10.0. The third-order valence-electron chi connectivity index (χ3n) is 9.55. The average molecular weight is 663 g/mol. The molecule has 226 valence electrons. The molecule has 2 saturated heterocycles. The van der Waals surface area contributed by atoms with E-state index < -0.39 is 0 Å². The molecule has 38 heavy (non-hydrogen) atoms. The molecule has 4 heteroatoms. The molecule has 0 aliphatic carbocycles. The van der Waals surface area contributed by atoms with Crippen molar-refractivity contribution in [2.45, 2.75) is 155 Å². The molecule has 2 rings (SSSR count). The number of nitrogens with zero attached hydrogens (tertiary/aromatic N) is 2. The van der Waals surface area contributed by atoms with Crippen LogP contribution in [0.25, 0.3) is 0 Å². The second-order valence-electron chi connectivity index (χ2n) is 12.7. The standard InChI is InChI=1S/C34H66N2.2BrH/c1-3-5-7-9-11-13-19-27-35(31-23-17-24-32-35)29-21-15-16-22-30-36(33-25-18-26-34-36)28-20-14-12-10-8-6-4-2;;/h3-14,17-34H2,1-2H3;2*1H/q+2;;/p-2. The van der Waals surface area contributed by atoms with Gasteiger partial charge in [0, 0.05) is 0 Å². The molecule has 0 unspecified atom stereocenters. The highest BCUT2D eigenvalue weighted by atomic mass is 79.9. The molecule has 0 bridgehead atoms. The molecule has 0 spiro atoms. The summed E-state index contributed by atoms with van der Waals surface area (Å²) in [6.07, 6.45) is 31.1. The van der Waals surface area contributed by atoms with Crippen molar-refractivity contribution >= 4 is 0 Å². The lowest BCUT2D eigenvalue weighted by Gasteiger charge is -2.41. The quantitative estimate of drug-likeness (QED) is 0.107. The maximum absolute atomic E-state index is 3.66. The summed E-state index contributed by atoms with van der Waals surface area (Å²) >= 11 is 0. The normalized spacial score (nSPS) is 18.1. The van der Waals surface area contributed by atoms with Gasteiger partial charge >= 0.3 is 0 Å². The number of likely N-dealkylation sites (tertiary alicyclic amines) is 2. The van der Waals surface area contributed by atoms with Crippen molar-refractivity contribution in [1.82, 2.24) is 0 Å². The molecule has 2 aliphatic heterocycles. The fourth-order valence-corrected chi connectivity index (χ4v) is 7.06. The Morgan fingerprint density at radius 1 is 0.395 bits per heavy atom. The number of hydrogen-bond acceptors (Lipinski definition) is 0. The van der Waals surface area contributed by atoms with Crippen LogP contribution in [0.3, 0.4) is 0 Å². The van der Waals surface area contributed by atoms with Gasteiger partial charge < -0.3 is 42.9 Å². The minimum absolute atomic E-state index is 0. The first-order chi connectivity index (χ1) is 17.7. The van der Waals surface area contributed by atoms with E-state index in [0.717, 1.165) is 12.8 Å². The first kappa shape index (κ1) is 38.4. The number of quaternary nitrogens is 2. The van der Waals surface area contributed by atoms with E-state index in [1.807, 2.05) is 0 Å². The zero-order valence-electron chi connectivity index (χ0n) is 25.9. The van der Waals surface area contributed by atoms with E-state index >= 15 is 0 Å². The largest absolute Gasteiger partial charge is 1.00 e. The number of hydrogen-bond donors (Lipinski definition) is 0. The van der Waals surface area contributed by atoms with Crippen molar-refractivity contribution in [3.05, 3.63) is 0 Å². The number of unbranched alkanes of at least 4 members (excludes halogenated alkanes) is 12. The summed E-state index contributed by atoms with van der Waals surface area (Å²) in [5.41, 5.74) is 0. The van der Waals surface area contributed by atoms with E-state index in [2.05, 4.69) is 25.7 Å². The van der Waals surface area contributed by atoms with Crippen molar-refractivity contribution in [2.75, 3.05) is 52.4 Å². The lowest BCUT2D eigenvalue weighted by molar-refractivity contribution is -0.932. The summed E-state index contributed by atoms with van der Waals surface area (Å²) in [6.45, 7) is 15.8. The van der Waals surface area contributed by atoms with Crippen molar-refractivity contribution in [1.29, 1.82) is 0 Å². The van der Waals surface area contributed by atoms with Crippen LogP contribution >= 0.6 is 0 Å². The van der Waals surface area contributed by atoms with Crippen LogP contribution in [0, 0.1) is 11.8 Å². The van der Waals surface area contributed by atoms with Crippen LogP contribution in [0.2, 0.25) is 0 Å². The van der Waals surface area contributed by atoms with E-state index in [9.17, 15) is 0 Å². The first-order valence-corrected chi connectivity index (χ1v) is 16.9. The smallest absolute Gasteiger partial charge is 0.0897 e. The van der Waals surface area contributed by atoms with Gasteiger partial charge in [0.25, 0.3) is 0 Å². The molecular formula is C34H66Br2N2. The predicted molar refractivity (Wildman–Crippen MR) is 160 cm³/mol. The molecule has 2 aliphatic rings. The second-order valence-corrected chi connectivity index (χ2v) is 12.7. The molecule has 0 saturated carbocycles. The van der Waals surface area contributed by atoms with Crippen LogP contribution in [0.4, 0.5) is 0 Å². The Labute approximate surface area is 261 Å². The van der Waals surface area contributed by atoms with Crippen LogP contribution in [0.5, 0.6) is 0 Å². The summed E-state index contributed by atoms with van der Waals surface area (Å²) in [7, 11) is 0. The van der Waals surface area contributed by atoms with Gasteiger partial charge in [-0.05, 0) is 64.2 Å². The molecule has 0 N–H and O–H groups in total. The highest BCUT2D eigenvalue weighted by Crippen LogP contribution is 2.23. The number of rotatable bonds is 20. The van der Waals surface area contributed by atoms with E-state index in [1.165, 1.54) is 190 Å². The van der Waals surface area contributed by atoms with Gasteiger partial charge in [-0.3, -0.25) is 0 Å². The number of halogens is 2. The van der Waals surface area contributed by atoms with Crippen molar-refractivity contribution in [3.63, 3.8) is 0 Å². The topological polar surface area (TPSA) is 0 Å². The summed E-state index contributed by atoms with van der Waals surface area (Å²) in [4.78, 5) is 0. The van der Waals surface area contributed by atoms with Crippen molar-refractivity contribution in [2.24, 2.45) is 0 Å². The fraction of sp³-hybridized carbons (Fsp3) is 0.941. The average Bonchev–Trinajstić information content (AvgIpc) is 2.91. The minimum atomic E-state index is 0. The molecule has 0 amide bonds. The highest BCUT2D eigenvalue weighted by molar-refractivity contribution is 4.98. The Bertz CT molecular complexity index is 523. The highest BCUT2D eigenvalue weighted by Gasteiger charge is 2.29. The molecule has 0 aromatic rings. The Morgan fingerprint density at radius 3 is 1.05 bits per heavy atom. The van der Waals surface area contributed by atoms with Crippen molar-refractivity contribution < 1.29 is 42.9 Å². The molecule has 0 atom stereocenters. The second kappa shape index (κ2) is 25.2. The van der Waals surface area contributed by atoms with Gasteiger partial charge in [0.05, 0.1) is 65.2 Å². The molecule has 0 aromatic heterocycles. The molecule has 2 heterocycles.